The molecule has 1 saturated carbocycles. The molecule has 0 atom stereocenters. The number of fused-ring (bicyclic) bond motifs is 1. The zero-order valence-corrected chi connectivity index (χ0v) is 13.3. The lowest BCUT2D eigenvalue weighted by molar-refractivity contribution is 0.101. The quantitative estimate of drug-likeness (QED) is 0.412. The summed E-state index contributed by atoms with van der Waals surface area (Å²) in [7, 11) is 0. The Morgan fingerprint density at radius 2 is 2.09 bits per heavy atom. The first-order valence-corrected chi connectivity index (χ1v) is 8.61. The number of nitrogens with one attached hydrogen (secondary N) is 2. The molecule has 0 spiro atoms. The molecule has 1 fully saturated rings. The highest BCUT2D eigenvalue weighted by Crippen LogP contribution is 2.29. The Labute approximate surface area is 137 Å². The van der Waals surface area contributed by atoms with Crippen molar-refractivity contribution in [1.82, 2.24) is 15.0 Å². The molecule has 0 unspecified atom stereocenters. The van der Waals surface area contributed by atoms with Gasteiger partial charge >= 0.3 is 0 Å². The average molecular weight is 324 g/mol. The first-order valence-electron chi connectivity index (χ1n) is 7.62. The van der Waals surface area contributed by atoms with Crippen molar-refractivity contribution >= 4 is 34.3 Å². The van der Waals surface area contributed by atoms with E-state index < -0.39 is 0 Å². The van der Waals surface area contributed by atoms with Crippen molar-refractivity contribution in [3.63, 3.8) is 0 Å². The third kappa shape index (κ3) is 3.22. The predicted molar refractivity (Wildman–Crippen MR) is 92.0 cm³/mol. The van der Waals surface area contributed by atoms with E-state index in [1.807, 2.05) is 30.3 Å². The highest BCUT2D eigenvalue weighted by Gasteiger charge is 2.23. The van der Waals surface area contributed by atoms with E-state index in [1.54, 1.807) is 12.3 Å². The SMILES string of the molecule is O=C(CSc1nc(NC2CC2)c2ccccc2n1)c1ccc[nH]1. The molecule has 1 aliphatic rings. The number of aromatic amines is 1. The van der Waals surface area contributed by atoms with Crippen molar-refractivity contribution in [3.8, 4) is 0 Å². The summed E-state index contributed by atoms with van der Waals surface area (Å²) < 4.78 is 0. The number of ketones is 1. The largest absolute Gasteiger partial charge is 0.367 e. The summed E-state index contributed by atoms with van der Waals surface area (Å²) >= 11 is 1.37. The minimum absolute atomic E-state index is 0.0495. The van der Waals surface area contributed by atoms with Crippen molar-refractivity contribution in [2.24, 2.45) is 0 Å². The van der Waals surface area contributed by atoms with E-state index in [9.17, 15) is 4.79 Å². The third-order valence-electron chi connectivity index (χ3n) is 3.73. The second-order valence-electron chi connectivity index (χ2n) is 5.59. The molecule has 6 heteroatoms. The number of carbonyl (C=O) groups excluding carboxylic acids is 1. The first kappa shape index (κ1) is 14.3. The van der Waals surface area contributed by atoms with E-state index in [0.29, 0.717) is 22.6 Å². The number of aromatic nitrogens is 3. The van der Waals surface area contributed by atoms with Crippen LogP contribution in [0.25, 0.3) is 10.9 Å². The third-order valence-corrected chi connectivity index (χ3v) is 4.58. The van der Waals surface area contributed by atoms with Crippen LogP contribution in [-0.4, -0.2) is 32.5 Å². The second-order valence-corrected chi connectivity index (χ2v) is 6.53. The van der Waals surface area contributed by atoms with Gasteiger partial charge in [-0.25, -0.2) is 9.97 Å². The van der Waals surface area contributed by atoms with Crippen LogP contribution >= 0.6 is 11.8 Å². The van der Waals surface area contributed by atoms with E-state index in [1.165, 1.54) is 24.6 Å². The van der Waals surface area contributed by atoms with Crippen molar-refractivity contribution in [2.45, 2.75) is 24.0 Å². The maximum atomic E-state index is 12.1. The molecule has 4 rings (SSSR count). The van der Waals surface area contributed by atoms with Gasteiger partial charge in [0, 0.05) is 17.6 Å². The van der Waals surface area contributed by atoms with Crippen LogP contribution in [0.5, 0.6) is 0 Å². The molecule has 0 bridgehead atoms. The lowest BCUT2D eigenvalue weighted by atomic mass is 10.2. The Hall–Kier alpha value is -2.34. The van der Waals surface area contributed by atoms with E-state index >= 15 is 0 Å². The van der Waals surface area contributed by atoms with Crippen LogP contribution in [0.1, 0.15) is 23.3 Å². The molecule has 2 heterocycles. The average Bonchev–Trinajstić information content (AvgIpc) is 3.22. The van der Waals surface area contributed by atoms with Gasteiger partial charge < -0.3 is 10.3 Å². The molecule has 2 aromatic heterocycles. The normalized spacial score (nSPS) is 14.1. The molecular formula is C17H16N4OS. The summed E-state index contributed by atoms with van der Waals surface area (Å²) in [5.74, 6) is 1.24. The number of H-pyrrole nitrogens is 1. The van der Waals surface area contributed by atoms with Gasteiger partial charge in [-0.3, -0.25) is 4.79 Å². The Balaban J connectivity index is 1.58. The van der Waals surface area contributed by atoms with Crippen molar-refractivity contribution in [1.29, 1.82) is 0 Å². The lowest BCUT2D eigenvalue weighted by Gasteiger charge is -2.09. The fourth-order valence-corrected chi connectivity index (χ4v) is 3.10. The number of para-hydroxylation sites is 1. The van der Waals surface area contributed by atoms with Gasteiger partial charge in [-0.05, 0) is 37.1 Å². The van der Waals surface area contributed by atoms with Crippen molar-refractivity contribution < 1.29 is 4.79 Å². The number of nitrogens with zero attached hydrogens (tertiary/aromatic N) is 2. The summed E-state index contributed by atoms with van der Waals surface area (Å²) in [6, 6.07) is 12.1. The number of rotatable bonds is 6. The van der Waals surface area contributed by atoms with E-state index in [0.717, 1.165) is 16.7 Å². The summed E-state index contributed by atoms with van der Waals surface area (Å²) in [4.78, 5) is 24.2. The number of thioether (sulfide) groups is 1. The smallest absolute Gasteiger partial charge is 0.190 e. The van der Waals surface area contributed by atoms with Crippen LogP contribution in [-0.2, 0) is 0 Å². The van der Waals surface area contributed by atoms with Crippen LogP contribution < -0.4 is 5.32 Å². The predicted octanol–water partition coefficient (Wildman–Crippen LogP) is 3.51. The summed E-state index contributed by atoms with van der Waals surface area (Å²) in [5.41, 5.74) is 1.52. The number of benzene rings is 1. The maximum Gasteiger partial charge on any atom is 0.190 e. The molecule has 0 aliphatic heterocycles. The molecule has 3 aromatic rings. The van der Waals surface area contributed by atoms with E-state index in [4.69, 9.17) is 0 Å². The number of hydrogen-bond donors (Lipinski definition) is 2. The minimum Gasteiger partial charge on any atom is -0.367 e. The Bertz CT molecular complexity index is 843. The van der Waals surface area contributed by atoms with Gasteiger partial charge in [-0.15, -0.1) is 0 Å². The van der Waals surface area contributed by atoms with Crippen LogP contribution in [0.3, 0.4) is 0 Å². The lowest BCUT2D eigenvalue weighted by Crippen LogP contribution is -2.07. The molecule has 1 aliphatic carbocycles. The zero-order valence-electron chi connectivity index (χ0n) is 12.5. The topological polar surface area (TPSA) is 70.7 Å². The van der Waals surface area contributed by atoms with Gasteiger partial charge in [0.2, 0.25) is 0 Å². The molecule has 0 saturated heterocycles. The van der Waals surface area contributed by atoms with Crippen LogP contribution in [0.15, 0.2) is 47.8 Å². The Morgan fingerprint density at radius 1 is 1.22 bits per heavy atom. The summed E-state index contributed by atoms with van der Waals surface area (Å²) in [5, 5.41) is 5.12. The first-order chi connectivity index (χ1) is 11.3. The fraction of sp³-hybridized carbons (Fsp3) is 0.235. The monoisotopic (exact) mass is 324 g/mol. The van der Waals surface area contributed by atoms with Crippen LogP contribution in [0.2, 0.25) is 0 Å². The standard InChI is InChI=1S/C17H16N4OS/c22-15(14-6-3-9-18-14)10-23-17-20-13-5-2-1-4-12(13)16(21-17)19-11-7-8-11/h1-6,9,11,18H,7-8,10H2,(H,19,20,21). The number of carbonyl (C=O) groups is 1. The van der Waals surface area contributed by atoms with Gasteiger partial charge in [-0.1, -0.05) is 23.9 Å². The second kappa shape index (κ2) is 6.04. The van der Waals surface area contributed by atoms with E-state index in [-0.39, 0.29) is 5.78 Å². The number of anilines is 1. The summed E-state index contributed by atoms with van der Waals surface area (Å²) in [6.45, 7) is 0. The van der Waals surface area contributed by atoms with Crippen molar-refractivity contribution in [3.05, 3.63) is 48.3 Å². The molecule has 0 radical (unpaired) electrons. The Morgan fingerprint density at radius 3 is 2.87 bits per heavy atom. The molecule has 1 aromatic carbocycles. The van der Waals surface area contributed by atoms with E-state index in [2.05, 4.69) is 20.3 Å². The summed E-state index contributed by atoms with van der Waals surface area (Å²) in [6.07, 6.45) is 4.13. The highest BCUT2D eigenvalue weighted by molar-refractivity contribution is 7.99. The zero-order chi connectivity index (χ0) is 15.6. The number of Topliss-reactive ketones (excluding diaryl/α,β-unsaturated/α-hetero) is 1. The van der Waals surface area contributed by atoms with Gasteiger partial charge in [0.25, 0.3) is 0 Å². The molecule has 0 amide bonds. The minimum atomic E-state index is 0.0495. The van der Waals surface area contributed by atoms with Gasteiger partial charge in [0.05, 0.1) is 17.0 Å². The fourth-order valence-electron chi connectivity index (χ4n) is 2.36. The highest BCUT2D eigenvalue weighted by atomic mass is 32.2. The van der Waals surface area contributed by atoms with Gasteiger partial charge in [-0.2, -0.15) is 0 Å². The maximum absolute atomic E-state index is 12.1. The van der Waals surface area contributed by atoms with Crippen molar-refractivity contribution in [2.75, 3.05) is 11.1 Å². The molecule has 2 N–H and O–H groups in total. The molecular weight excluding hydrogens is 308 g/mol. The number of hydrogen-bond acceptors (Lipinski definition) is 5. The van der Waals surface area contributed by atoms with Crippen LogP contribution in [0.4, 0.5) is 5.82 Å². The molecule has 116 valence electrons. The molecule has 5 nitrogen and oxygen atoms in total. The Kier molecular flexibility index (Phi) is 3.75. The molecule has 23 heavy (non-hydrogen) atoms. The van der Waals surface area contributed by atoms with Crippen LogP contribution in [0, 0.1) is 0 Å². The van der Waals surface area contributed by atoms with Gasteiger partial charge in [0.1, 0.15) is 5.82 Å². The van der Waals surface area contributed by atoms with Gasteiger partial charge in [0.15, 0.2) is 10.9 Å².